The monoisotopic (exact) mass is 257 g/mol. The molecule has 0 amide bonds. The predicted molar refractivity (Wildman–Crippen MR) is 77.4 cm³/mol. The van der Waals surface area contributed by atoms with Gasteiger partial charge in [0.1, 0.15) is 12.4 Å². The van der Waals surface area contributed by atoms with Crippen LogP contribution in [0.5, 0.6) is 5.75 Å². The molecule has 1 atom stereocenters. The van der Waals surface area contributed by atoms with Gasteiger partial charge in [-0.05, 0) is 51.3 Å². The summed E-state index contributed by atoms with van der Waals surface area (Å²) < 4.78 is 8.11. The summed E-state index contributed by atoms with van der Waals surface area (Å²) in [5, 5.41) is 0.824. The van der Waals surface area contributed by atoms with Gasteiger partial charge in [-0.25, -0.2) is 0 Å². The Balaban J connectivity index is 2.66. The maximum Gasteiger partial charge on any atom is 0.192 e. The van der Waals surface area contributed by atoms with E-state index in [1.165, 1.54) is 0 Å². The van der Waals surface area contributed by atoms with Gasteiger partial charge >= 0.3 is 0 Å². The lowest BCUT2D eigenvalue weighted by Crippen LogP contribution is -2.25. The van der Waals surface area contributed by atoms with Gasteiger partial charge < -0.3 is 9.30 Å². The molecule has 1 aliphatic heterocycles. The van der Waals surface area contributed by atoms with Crippen LogP contribution in [-0.2, 0) is 0 Å². The second-order valence-electron chi connectivity index (χ2n) is 5.64. The molecule has 1 aliphatic rings. The van der Waals surface area contributed by atoms with E-state index in [-0.39, 0.29) is 11.5 Å². The largest absolute Gasteiger partial charge is 0.489 e. The molecular weight excluding hydrogens is 238 g/mol. The van der Waals surface area contributed by atoms with Crippen molar-refractivity contribution >= 4 is 10.9 Å². The Morgan fingerprint density at radius 1 is 1.16 bits per heavy atom. The fourth-order valence-electron chi connectivity index (χ4n) is 2.97. The van der Waals surface area contributed by atoms with E-state index < -0.39 is 0 Å². The molecule has 19 heavy (non-hydrogen) atoms. The Morgan fingerprint density at radius 2 is 1.84 bits per heavy atom. The highest BCUT2D eigenvalue weighted by Crippen LogP contribution is 2.38. The quantitative estimate of drug-likeness (QED) is 0.725. The van der Waals surface area contributed by atoms with E-state index in [9.17, 15) is 4.79 Å². The molecule has 3 rings (SSSR count). The number of benzene rings is 1. The van der Waals surface area contributed by atoms with Gasteiger partial charge in [-0.3, -0.25) is 4.79 Å². The van der Waals surface area contributed by atoms with Gasteiger partial charge in [-0.15, -0.1) is 0 Å². The number of aromatic nitrogens is 1. The molecule has 1 aromatic heterocycles. The topological polar surface area (TPSA) is 31.2 Å². The molecule has 3 heteroatoms. The van der Waals surface area contributed by atoms with Crippen molar-refractivity contribution in [1.29, 1.82) is 0 Å². The summed E-state index contributed by atoms with van der Waals surface area (Å²) in [5.74, 6) is 0.883. The van der Waals surface area contributed by atoms with Gasteiger partial charge in [0, 0.05) is 11.8 Å². The minimum absolute atomic E-state index is 0.130. The second kappa shape index (κ2) is 3.86. The average Bonchev–Trinajstić information content (AvgIpc) is 2.38. The highest BCUT2D eigenvalue weighted by molar-refractivity contribution is 5.91. The van der Waals surface area contributed by atoms with Crippen LogP contribution >= 0.6 is 0 Å². The van der Waals surface area contributed by atoms with Crippen LogP contribution < -0.4 is 10.2 Å². The molecule has 0 bridgehead atoms. The number of rotatable bonds is 0. The zero-order chi connectivity index (χ0) is 13.9. The molecule has 0 saturated carbocycles. The summed E-state index contributed by atoms with van der Waals surface area (Å²) in [6.45, 7) is 10.8. The number of pyridine rings is 1. The molecule has 0 fully saturated rings. The smallest absolute Gasteiger partial charge is 0.192 e. The van der Waals surface area contributed by atoms with E-state index in [0.717, 1.165) is 38.9 Å². The van der Waals surface area contributed by atoms with Gasteiger partial charge in [0.05, 0.1) is 16.9 Å². The lowest BCUT2D eigenvalue weighted by Gasteiger charge is -2.29. The first kappa shape index (κ1) is 12.3. The molecule has 0 unspecified atom stereocenters. The molecule has 0 spiro atoms. The Kier molecular flexibility index (Phi) is 2.49. The van der Waals surface area contributed by atoms with Gasteiger partial charge in [-0.1, -0.05) is 0 Å². The zero-order valence-corrected chi connectivity index (χ0v) is 12.1. The molecule has 0 N–H and O–H groups in total. The van der Waals surface area contributed by atoms with Crippen LogP contribution in [-0.4, -0.2) is 11.2 Å². The Morgan fingerprint density at radius 3 is 2.53 bits per heavy atom. The van der Waals surface area contributed by atoms with Crippen molar-refractivity contribution in [1.82, 2.24) is 4.57 Å². The lowest BCUT2D eigenvalue weighted by atomic mass is 9.95. The number of aryl methyl sites for hydroxylation is 2. The van der Waals surface area contributed by atoms with Crippen molar-refractivity contribution in [2.75, 3.05) is 6.61 Å². The summed E-state index contributed by atoms with van der Waals surface area (Å²) in [5.41, 5.74) is 5.29. The van der Waals surface area contributed by atoms with Gasteiger partial charge in [-0.2, -0.15) is 0 Å². The van der Waals surface area contributed by atoms with Crippen LogP contribution in [0.1, 0.15) is 35.2 Å². The SMILES string of the molecule is Cc1c(C)c2c3c(c1C)c(=O)c(C)cn3[C@@H](C)CO2. The number of hydrogen-bond donors (Lipinski definition) is 0. The van der Waals surface area contributed by atoms with Crippen molar-refractivity contribution in [3.63, 3.8) is 0 Å². The fraction of sp³-hybridized carbons (Fsp3) is 0.438. The Labute approximate surface area is 112 Å². The van der Waals surface area contributed by atoms with E-state index in [0.29, 0.717) is 6.61 Å². The summed E-state index contributed by atoms with van der Waals surface area (Å²) in [4.78, 5) is 12.5. The summed E-state index contributed by atoms with van der Waals surface area (Å²) in [7, 11) is 0. The first-order chi connectivity index (χ1) is 8.93. The second-order valence-corrected chi connectivity index (χ2v) is 5.64. The van der Waals surface area contributed by atoms with Gasteiger partial charge in [0.25, 0.3) is 0 Å². The fourth-order valence-corrected chi connectivity index (χ4v) is 2.97. The standard InChI is InChI=1S/C16H19NO2/c1-8-6-17-9(2)7-19-16-12(5)10(3)11(4)13(14(16)17)15(8)18/h6,9H,7H2,1-5H3/t9-/m0/s1. The van der Waals surface area contributed by atoms with E-state index >= 15 is 0 Å². The minimum atomic E-state index is 0.130. The van der Waals surface area contributed by atoms with Crippen molar-refractivity contribution in [2.24, 2.45) is 0 Å². The van der Waals surface area contributed by atoms with Crippen molar-refractivity contribution in [2.45, 2.75) is 40.7 Å². The van der Waals surface area contributed by atoms with Crippen LogP contribution in [0, 0.1) is 27.7 Å². The molecule has 0 radical (unpaired) electrons. The molecule has 0 aliphatic carbocycles. The third-order valence-corrected chi connectivity index (χ3v) is 4.41. The van der Waals surface area contributed by atoms with E-state index in [4.69, 9.17) is 4.74 Å². The number of hydrogen-bond acceptors (Lipinski definition) is 2. The third-order valence-electron chi connectivity index (χ3n) is 4.41. The van der Waals surface area contributed by atoms with Gasteiger partial charge in [0.15, 0.2) is 5.43 Å². The average molecular weight is 257 g/mol. The highest BCUT2D eigenvalue weighted by Gasteiger charge is 2.24. The summed E-state index contributed by atoms with van der Waals surface area (Å²) in [6.07, 6.45) is 1.97. The maximum atomic E-state index is 12.5. The molecule has 100 valence electrons. The first-order valence-electron chi connectivity index (χ1n) is 6.71. The number of nitrogens with zero attached hydrogens (tertiary/aromatic N) is 1. The third kappa shape index (κ3) is 1.47. The molecule has 3 nitrogen and oxygen atoms in total. The van der Waals surface area contributed by atoms with Gasteiger partial charge in [0.2, 0.25) is 0 Å². The number of ether oxygens (including phenoxy) is 1. The van der Waals surface area contributed by atoms with Crippen LogP contribution in [0.15, 0.2) is 11.0 Å². The van der Waals surface area contributed by atoms with Crippen LogP contribution in [0.4, 0.5) is 0 Å². The highest BCUT2D eigenvalue weighted by atomic mass is 16.5. The predicted octanol–water partition coefficient (Wildman–Crippen LogP) is 3.19. The van der Waals surface area contributed by atoms with Crippen molar-refractivity contribution < 1.29 is 4.74 Å². The summed E-state index contributed by atoms with van der Waals surface area (Å²) in [6, 6.07) is 0.260. The molecule has 2 heterocycles. The van der Waals surface area contributed by atoms with Crippen LogP contribution in [0.2, 0.25) is 0 Å². The Hall–Kier alpha value is -1.77. The maximum absolute atomic E-state index is 12.5. The normalized spacial score (nSPS) is 17.6. The molecule has 0 saturated heterocycles. The van der Waals surface area contributed by atoms with E-state index in [1.807, 2.05) is 20.0 Å². The minimum Gasteiger partial charge on any atom is -0.489 e. The lowest BCUT2D eigenvalue weighted by molar-refractivity contribution is 0.245. The van der Waals surface area contributed by atoms with Crippen molar-refractivity contribution in [3.8, 4) is 5.75 Å². The summed E-state index contributed by atoms with van der Waals surface area (Å²) >= 11 is 0. The van der Waals surface area contributed by atoms with E-state index in [2.05, 4.69) is 25.3 Å². The molecule has 1 aromatic carbocycles. The van der Waals surface area contributed by atoms with Crippen molar-refractivity contribution in [3.05, 3.63) is 38.7 Å². The van der Waals surface area contributed by atoms with Crippen LogP contribution in [0.25, 0.3) is 10.9 Å². The Bertz CT molecular complexity index is 756. The molecular formula is C16H19NO2. The first-order valence-corrected chi connectivity index (χ1v) is 6.71. The van der Waals surface area contributed by atoms with Crippen LogP contribution in [0.3, 0.4) is 0 Å². The van der Waals surface area contributed by atoms with E-state index in [1.54, 1.807) is 0 Å². The zero-order valence-electron chi connectivity index (χ0n) is 12.1. The molecule has 2 aromatic rings.